The highest BCUT2D eigenvalue weighted by atomic mass is 32.1. The van der Waals surface area contributed by atoms with Crippen LogP contribution in [0.1, 0.15) is 51.0 Å². The average molecular weight is 490 g/mol. The second kappa shape index (κ2) is 10.2. The van der Waals surface area contributed by atoms with E-state index >= 15 is 0 Å². The number of ether oxygens (including phenoxy) is 2. The molecule has 4 aromatic rings. The number of rotatable bonds is 8. The standard InChI is InChI=1S/C27H27N3O4S/c1-32-17-12-13-20(33-2)19(16-17)25(29-23-11-5-6-14-28-23)24-18-8-3-4-10-22(18)35-27(24)30-26(31)21-9-7-15-34-21/h5-7,9,11-16,25H,3-4,8,10H2,1-2H3,(H,28,29)(H,30,31). The van der Waals surface area contributed by atoms with Crippen molar-refractivity contribution in [1.82, 2.24) is 4.98 Å². The highest BCUT2D eigenvalue weighted by Crippen LogP contribution is 2.46. The number of amides is 1. The quantitative estimate of drug-likeness (QED) is 0.312. The molecule has 1 aliphatic rings. The summed E-state index contributed by atoms with van der Waals surface area (Å²) in [5, 5.41) is 7.54. The second-order valence-corrected chi connectivity index (χ2v) is 9.39. The molecule has 0 radical (unpaired) electrons. The molecule has 0 saturated heterocycles. The van der Waals surface area contributed by atoms with Crippen LogP contribution in [0.5, 0.6) is 11.5 Å². The molecule has 0 bridgehead atoms. The molecule has 0 saturated carbocycles. The van der Waals surface area contributed by atoms with Gasteiger partial charge in [0.25, 0.3) is 5.91 Å². The zero-order valence-electron chi connectivity index (χ0n) is 19.7. The minimum atomic E-state index is -0.333. The van der Waals surface area contributed by atoms with Gasteiger partial charge in [0.05, 0.1) is 26.5 Å². The number of aryl methyl sites for hydroxylation is 1. The normalized spacial score (nSPS) is 13.5. The first-order chi connectivity index (χ1) is 17.2. The molecule has 0 fully saturated rings. The van der Waals surface area contributed by atoms with E-state index in [4.69, 9.17) is 13.9 Å². The van der Waals surface area contributed by atoms with Gasteiger partial charge in [-0.3, -0.25) is 4.79 Å². The summed E-state index contributed by atoms with van der Waals surface area (Å²) in [5.74, 6) is 2.16. The third kappa shape index (κ3) is 4.74. The molecule has 1 atom stereocenters. The third-order valence-corrected chi connectivity index (χ3v) is 7.40. The van der Waals surface area contributed by atoms with E-state index in [1.54, 1.807) is 43.9 Å². The van der Waals surface area contributed by atoms with Crippen LogP contribution in [0.25, 0.3) is 0 Å². The van der Waals surface area contributed by atoms with Crippen molar-refractivity contribution < 1.29 is 18.7 Å². The summed E-state index contributed by atoms with van der Waals surface area (Å²) in [4.78, 5) is 18.8. The zero-order valence-corrected chi connectivity index (χ0v) is 20.5. The highest BCUT2D eigenvalue weighted by Gasteiger charge is 2.31. The van der Waals surface area contributed by atoms with Crippen molar-refractivity contribution in [2.75, 3.05) is 24.9 Å². The van der Waals surface area contributed by atoms with Crippen LogP contribution in [0.3, 0.4) is 0 Å². The highest BCUT2D eigenvalue weighted by molar-refractivity contribution is 7.16. The number of nitrogens with zero attached hydrogens (tertiary/aromatic N) is 1. The lowest BCUT2D eigenvalue weighted by Gasteiger charge is -2.25. The number of hydrogen-bond acceptors (Lipinski definition) is 7. The first kappa shape index (κ1) is 23.0. The predicted molar refractivity (Wildman–Crippen MR) is 137 cm³/mol. The van der Waals surface area contributed by atoms with Gasteiger partial charge in [0.1, 0.15) is 22.3 Å². The molecule has 2 N–H and O–H groups in total. The number of thiophene rings is 1. The number of carbonyl (C=O) groups is 1. The Kier molecular flexibility index (Phi) is 6.72. The molecule has 8 heteroatoms. The lowest BCUT2D eigenvalue weighted by Crippen LogP contribution is -2.19. The van der Waals surface area contributed by atoms with E-state index in [1.807, 2.05) is 36.4 Å². The van der Waals surface area contributed by atoms with Gasteiger partial charge in [-0.15, -0.1) is 11.3 Å². The smallest absolute Gasteiger partial charge is 0.291 e. The van der Waals surface area contributed by atoms with Crippen molar-refractivity contribution >= 4 is 28.1 Å². The van der Waals surface area contributed by atoms with E-state index < -0.39 is 0 Å². The third-order valence-electron chi connectivity index (χ3n) is 6.18. The Bertz CT molecular complexity index is 1300. The van der Waals surface area contributed by atoms with Crippen molar-refractivity contribution in [3.8, 4) is 11.5 Å². The largest absolute Gasteiger partial charge is 0.497 e. The van der Waals surface area contributed by atoms with Crippen molar-refractivity contribution in [1.29, 1.82) is 0 Å². The molecular formula is C27H27N3O4S. The van der Waals surface area contributed by atoms with Crippen molar-refractivity contribution in [2.24, 2.45) is 0 Å². The molecule has 35 heavy (non-hydrogen) atoms. The monoisotopic (exact) mass is 489 g/mol. The fourth-order valence-corrected chi connectivity index (χ4v) is 5.85. The molecule has 1 aliphatic carbocycles. The molecule has 1 aromatic carbocycles. The van der Waals surface area contributed by atoms with Gasteiger partial charge >= 0.3 is 0 Å². The molecule has 1 amide bonds. The summed E-state index contributed by atoms with van der Waals surface area (Å²) < 4.78 is 16.7. The summed E-state index contributed by atoms with van der Waals surface area (Å²) in [6.07, 6.45) is 7.44. The summed E-state index contributed by atoms with van der Waals surface area (Å²) in [6, 6.07) is 14.6. The number of nitrogens with one attached hydrogen (secondary N) is 2. The fourth-order valence-electron chi connectivity index (χ4n) is 4.53. The number of methoxy groups -OCH3 is 2. The molecule has 0 aliphatic heterocycles. The molecule has 180 valence electrons. The van der Waals surface area contributed by atoms with Gasteiger partial charge in [-0.05, 0) is 73.7 Å². The SMILES string of the molecule is COc1ccc(OC)c(C(Nc2ccccn2)c2c(NC(=O)c3ccco3)sc3c2CCCC3)c1. The summed E-state index contributed by atoms with van der Waals surface area (Å²) in [5.41, 5.74) is 3.20. The van der Waals surface area contributed by atoms with Gasteiger partial charge in [0, 0.05) is 22.2 Å². The Morgan fingerprint density at radius 3 is 2.71 bits per heavy atom. The maximum Gasteiger partial charge on any atom is 0.291 e. The Morgan fingerprint density at radius 1 is 1.09 bits per heavy atom. The number of aromatic nitrogens is 1. The van der Waals surface area contributed by atoms with E-state index in [2.05, 4.69) is 15.6 Å². The minimum Gasteiger partial charge on any atom is -0.497 e. The molecule has 7 nitrogen and oxygen atoms in total. The van der Waals surface area contributed by atoms with Gasteiger partial charge < -0.3 is 24.5 Å². The van der Waals surface area contributed by atoms with Crippen molar-refractivity contribution in [3.63, 3.8) is 0 Å². The van der Waals surface area contributed by atoms with Crippen LogP contribution in [0.4, 0.5) is 10.8 Å². The molecule has 1 unspecified atom stereocenters. The van der Waals surface area contributed by atoms with Crippen LogP contribution in [-0.2, 0) is 12.8 Å². The first-order valence-electron chi connectivity index (χ1n) is 11.6. The number of carbonyl (C=O) groups excluding carboxylic acids is 1. The predicted octanol–water partition coefficient (Wildman–Crippen LogP) is 6.09. The summed E-state index contributed by atoms with van der Waals surface area (Å²) in [7, 11) is 3.31. The van der Waals surface area contributed by atoms with E-state index in [0.29, 0.717) is 0 Å². The Labute approximate surface area is 208 Å². The molecule has 0 spiro atoms. The van der Waals surface area contributed by atoms with Crippen molar-refractivity contribution in [2.45, 2.75) is 31.7 Å². The number of pyridine rings is 1. The van der Waals surface area contributed by atoms with Gasteiger partial charge in [0.2, 0.25) is 0 Å². The Hall–Kier alpha value is -3.78. The van der Waals surface area contributed by atoms with Gasteiger partial charge in [-0.1, -0.05) is 6.07 Å². The van der Waals surface area contributed by atoms with Crippen LogP contribution < -0.4 is 20.1 Å². The van der Waals surface area contributed by atoms with Crippen LogP contribution in [0.2, 0.25) is 0 Å². The van der Waals surface area contributed by atoms with Gasteiger partial charge in [-0.2, -0.15) is 0 Å². The van der Waals surface area contributed by atoms with E-state index in [1.165, 1.54) is 16.7 Å². The lowest BCUT2D eigenvalue weighted by atomic mass is 9.89. The number of furan rings is 1. The summed E-state index contributed by atoms with van der Waals surface area (Å²) >= 11 is 1.64. The first-order valence-corrected chi connectivity index (χ1v) is 12.4. The van der Waals surface area contributed by atoms with Gasteiger partial charge in [0.15, 0.2) is 5.76 Å². The Balaban J connectivity index is 1.67. The second-order valence-electron chi connectivity index (χ2n) is 8.29. The molecule has 5 rings (SSSR count). The van der Waals surface area contributed by atoms with E-state index in [9.17, 15) is 4.79 Å². The summed E-state index contributed by atoms with van der Waals surface area (Å²) in [6.45, 7) is 0. The van der Waals surface area contributed by atoms with Gasteiger partial charge in [-0.25, -0.2) is 4.98 Å². The average Bonchev–Trinajstić information content (AvgIpc) is 3.56. The number of fused-ring (bicyclic) bond motifs is 1. The number of hydrogen-bond donors (Lipinski definition) is 2. The van der Waals surface area contributed by atoms with Crippen LogP contribution >= 0.6 is 11.3 Å². The zero-order chi connectivity index (χ0) is 24.2. The topological polar surface area (TPSA) is 85.6 Å². The van der Waals surface area contributed by atoms with Crippen LogP contribution in [-0.4, -0.2) is 25.1 Å². The van der Waals surface area contributed by atoms with Crippen LogP contribution in [0.15, 0.2) is 65.4 Å². The molecular weight excluding hydrogens is 462 g/mol. The number of benzene rings is 1. The minimum absolute atomic E-state index is 0.274. The van der Waals surface area contributed by atoms with E-state index in [0.717, 1.165) is 59.1 Å². The van der Waals surface area contributed by atoms with E-state index in [-0.39, 0.29) is 17.7 Å². The van der Waals surface area contributed by atoms with Crippen LogP contribution in [0, 0.1) is 0 Å². The lowest BCUT2D eigenvalue weighted by molar-refractivity contribution is 0.0997. The Morgan fingerprint density at radius 2 is 1.97 bits per heavy atom. The maximum absolute atomic E-state index is 13.0. The molecule has 3 aromatic heterocycles. The maximum atomic E-state index is 13.0. The van der Waals surface area contributed by atoms with Crippen molar-refractivity contribution in [3.05, 3.63) is 88.3 Å². The molecule has 3 heterocycles. The fraction of sp³-hybridized carbons (Fsp3) is 0.259. The number of anilines is 2.